The van der Waals surface area contributed by atoms with E-state index in [-0.39, 0.29) is 22.3 Å². The van der Waals surface area contributed by atoms with E-state index in [1.54, 1.807) is 6.07 Å². The van der Waals surface area contributed by atoms with Crippen LogP contribution in [0.3, 0.4) is 0 Å². The maximum absolute atomic E-state index is 11.9. The van der Waals surface area contributed by atoms with Gasteiger partial charge in [-0.3, -0.25) is 14.9 Å². The predicted octanol–water partition coefficient (Wildman–Crippen LogP) is 3.27. The zero-order valence-corrected chi connectivity index (χ0v) is 12.8. The van der Waals surface area contributed by atoms with Gasteiger partial charge in [0, 0.05) is 6.07 Å². The molecule has 0 amide bonds. The highest BCUT2D eigenvalue weighted by molar-refractivity contribution is 9.10. The highest BCUT2D eigenvalue weighted by atomic mass is 79.9. The molecular weight excluding hydrogens is 373 g/mol. The van der Waals surface area contributed by atoms with Gasteiger partial charge in [0.1, 0.15) is 9.50 Å². The van der Waals surface area contributed by atoms with E-state index in [1.165, 1.54) is 18.3 Å². The number of benzene rings is 1. The first-order valence-corrected chi connectivity index (χ1v) is 6.79. The molecule has 0 aliphatic carbocycles. The number of nitro groups is 1. The normalized spacial score (nSPS) is 10.6. The van der Waals surface area contributed by atoms with Gasteiger partial charge in [0.25, 0.3) is 11.2 Å². The van der Waals surface area contributed by atoms with Crippen molar-refractivity contribution in [2.75, 3.05) is 0 Å². The lowest BCUT2D eigenvalue weighted by atomic mass is 10.2. The summed E-state index contributed by atoms with van der Waals surface area (Å²) >= 11 is 14.6. The summed E-state index contributed by atoms with van der Waals surface area (Å²) in [6.07, 6.45) is 1.25. The van der Waals surface area contributed by atoms with Gasteiger partial charge in [0.2, 0.25) is 0 Å². The second kappa shape index (κ2) is 5.90. The van der Waals surface area contributed by atoms with Crippen molar-refractivity contribution in [2.24, 2.45) is 0 Å². The van der Waals surface area contributed by atoms with E-state index < -0.39 is 10.5 Å². The maximum Gasteiger partial charge on any atom is 0.287 e. The van der Waals surface area contributed by atoms with Crippen LogP contribution < -0.4 is 5.56 Å². The van der Waals surface area contributed by atoms with E-state index in [9.17, 15) is 14.9 Å². The van der Waals surface area contributed by atoms with E-state index in [0.29, 0.717) is 10.0 Å². The zero-order valence-electron chi connectivity index (χ0n) is 9.72. The summed E-state index contributed by atoms with van der Waals surface area (Å²) in [4.78, 5) is 22.2. The molecule has 0 radical (unpaired) electrons. The van der Waals surface area contributed by atoms with E-state index in [1.807, 2.05) is 0 Å². The second-order valence-corrected chi connectivity index (χ2v) is 5.35. The highest BCUT2D eigenvalue weighted by Crippen LogP contribution is 2.28. The van der Waals surface area contributed by atoms with Crippen molar-refractivity contribution in [2.45, 2.75) is 6.54 Å². The van der Waals surface area contributed by atoms with Crippen LogP contribution in [0.4, 0.5) is 5.69 Å². The third kappa shape index (κ3) is 2.84. The minimum Gasteiger partial charge on any atom is -0.266 e. The summed E-state index contributed by atoms with van der Waals surface area (Å²) in [7, 11) is 0. The molecule has 1 aromatic carbocycles. The predicted molar refractivity (Wildman–Crippen MR) is 78.4 cm³/mol. The maximum atomic E-state index is 11.9. The molecular formula is C11H6BrCl2N3O3. The number of rotatable bonds is 3. The van der Waals surface area contributed by atoms with Crippen LogP contribution >= 0.6 is 39.1 Å². The summed E-state index contributed by atoms with van der Waals surface area (Å²) in [6, 6.07) is 4.53. The molecule has 6 nitrogen and oxygen atoms in total. The lowest BCUT2D eigenvalue weighted by Gasteiger charge is -2.07. The molecule has 0 saturated heterocycles. The Bertz CT molecular complexity index is 748. The molecule has 9 heteroatoms. The fourth-order valence-corrected chi connectivity index (χ4v) is 2.35. The SMILES string of the molecule is O=c1c(Cl)c(Cl)cnn1Cc1cccc([N+](=O)[O-])c1Br. The van der Waals surface area contributed by atoms with Crippen molar-refractivity contribution < 1.29 is 4.92 Å². The van der Waals surface area contributed by atoms with Gasteiger partial charge < -0.3 is 0 Å². The van der Waals surface area contributed by atoms with Crippen molar-refractivity contribution in [3.8, 4) is 0 Å². The Morgan fingerprint density at radius 2 is 2.10 bits per heavy atom. The minimum atomic E-state index is -0.558. The minimum absolute atomic E-state index is 0.0397. The smallest absolute Gasteiger partial charge is 0.266 e. The van der Waals surface area contributed by atoms with Gasteiger partial charge in [0.05, 0.1) is 22.7 Å². The summed E-state index contributed by atoms with van der Waals surface area (Å²) in [5, 5.41) is 14.6. The van der Waals surface area contributed by atoms with Crippen molar-refractivity contribution in [3.63, 3.8) is 0 Å². The van der Waals surface area contributed by atoms with Crippen molar-refractivity contribution >= 4 is 44.8 Å². The van der Waals surface area contributed by atoms with Gasteiger partial charge in [-0.25, -0.2) is 4.68 Å². The monoisotopic (exact) mass is 377 g/mol. The molecule has 0 fully saturated rings. The molecule has 1 aromatic heterocycles. The number of nitrogens with zero attached hydrogens (tertiary/aromatic N) is 3. The standard InChI is InChI=1S/C11H6BrCl2N3O3/c12-9-6(2-1-3-8(9)17(19)20)5-16-11(18)10(14)7(13)4-15-16/h1-4H,5H2. The molecule has 20 heavy (non-hydrogen) atoms. The quantitative estimate of drug-likeness (QED) is 0.606. The molecule has 0 unspecified atom stereocenters. The molecule has 0 bridgehead atoms. The molecule has 0 aliphatic heterocycles. The molecule has 0 N–H and O–H groups in total. The number of halogens is 3. The zero-order chi connectivity index (χ0) is 14.9. The third-order valence-electron chi connectivity index (χ3n) is 2.52. The number of aromatic nitrogens is 2. The Morgan fingerprint density at radius 1 is 1.40 bits per heavy atom. The van der Waals surface area contributed by atoms with Gasteiger partial charge in [-0.15, -0.1) is 0 Å². The fraction of sp³-hybridized carbons (Fsp3) is 0.0909. The van der Waals surface area contributed by atoms with Crippen molar-refractivity contribution in [1.82, 2.24) is 9.78 Å². The van der Waals surface area contributed by atoms with Gasteiger partial charge in [-0.1, -0.05) is 35.3 Å². The molecule has 0 saturated carbocycles. The largest absolute Gasteiger partial charge is 0.287 e. The summed E-state index contributed by atoms with van der Waals surface area (Å²) in [5.41, 5.74) is -0.111. The Balaban J connectivity index is 2.46. The molecule has 1 heterocycles. The molecule has 0 spiro atoms. The molecule has 0 atom stereocenters. The Morgan fingerprint density at radius 3 is 2.75 bits per heavy atom. The third-order valence-corrected chi connectivity index (χ3v) is 4.18. The Hall–Kier alpha value is -1.44. The van der Waals surface area contributed by atoms with Crippen molar-refractivity contribution in [1.29, 1.82) is 0 Å². The summed E-state index contributed by atoms with van der Waals surface area (Å²) in [5.74, 6) is 0. The second-order valence-electron chi connectivity index (χ2n) is 3.78. The van der Waals surface area contributed by atoms with Crippen LogP contribution in [0.15, 0.2) is 33.7 Å². The average molecular weight is 379 g/mol. The van der Waals surface area contributed by atoms with Crippen LogP contribution in [0, 0.1) is 10.1 Å². The van der Waals surface area contributed by atoms with E-state index in [2.05, 4.69) is 21.0 Å². The first-order valence-electron chi connectivity index (χ1n) is 5.24. The van der Waals surface area contributed by atoms with Crippen LogP contribution in [0.1, 0.15) is 5.56 Å². The topological polar surface area (TPSA) is 78.0 Å². The van der Waals surface area contributed by atoms with E-state index in [0.717, 1.165) is 4.68 Å². The van der Waals surface area contributed by atoms with Crippen LogP contribution in [-0.2, 0) is 6.54 Å². The van der Waals surface area contributed by atoms with Gasteiger partial charge >= 0.3 is 0 Å². The van der Waals surface area contributed by atoms with Crippen molar-refractivity contribution in [3.05, 3.63) is 64.9 Å². The number of hydrogen-bond acceptors (Lipinski definition) is 4. The molecule has 2 rings (SSSR count). The summed E-state index contributed by atoms with van der Waals surface area (Å²) < 4.78 is 1.38. The summed E-state index contributed by atoms with van der Waals surface area (Å²) in [6.45, 7) is 0.0397. The van der Waals surface area contributed by atoms with E-state index in [4.69, 9.17) is 23.2 Å². The van der Waals surface area contributed by atoms with Crippen LogP contribution in [-0.4, -0.2) is 14.7 Å². The molecule has 2 aromatic rings. The lowest BCUT2D eigenvalue weighted by Crippen LogP contribution is -2.24. The fourth-order valence-electron chi connectivity index (χ4n) is 1.55. The van der Waals surface area contributed by atoms with Crippen LogP contribution in [0.5, 0.6) is 0 Å². The van der Waals surface area contributed by atoms with E-state index >= 15 is 0 Å². The Labute approximate surface area is 131 Å². The Kier molecular flexibility index (Phi) is 4.42. The van der Waals surface area contributed by atoms with Gasteiger partial charge in [-0.05, 0) is 21.5 Å². The average Bonchev–Trinajstić information content (AvgIpc) is 2.41. The van der Waals surface area contributed by atoms with Crippen LogP contribution in [0.25, 0.3) is 0 Å². The van der Waals surface area contributed by atoms with Gasteiger partial charge in [0.15, 0.2) is 0 Å². The molecule has 104 valence electrons. The van der Waals surface area contributed by atoms with Gasteiger partial charge in [-0.2, -0.15) is 5.10 Å². The first-order chi connectivity index (χ1) is 9.41. The number of hydrogen-bond donors (Lipinski definition) is 0. The number of nitro benzene ring substituents is 1. The van der Waals surface area contributed by atoms with Crippen LogP contribution in [0.2, 0.25) is 10.0 Å². The molecule has 0 aliphatic rings. The lowest BCUT2D eigenvalue weighted by molar-refractivity contribution is -0.385. The highest BCUT2D eigenvalue weighted by Gasteiger charge is 2.16. The first kappa shape index (κ1) is 15.0.